The molecule has 182 valence electrons. The van der Waals surface area contributed by atoms with Crippen LogP contribution >= 0.6 is 0 Å². The molecule has 2 heterocycles. The Kier molecular flexibility index (Phi) is 6.06. The standard InChI is InChI=1S/C29H25NO6/c1-2-17-3-7-19(8-4-17)26-25(27(33)21-9-12-23-20(16-21)13-14-36-23)28(34)29(35)30(26)22-10-5-18(6-11-22)15-24(31)32/h3-12,16,26,33H,2,13-15H2,1H3,(H,31,32)/b27-25-. The lowest BCUT2D eigenvalue weighted by atomic mass is 9.93. The minimum atomic E-state index is -0.959. The van der Waals surface area contributed by atoms with Crippen molar-refractivity contribution >= 4 is 29.1 Å². The number of carboxylic acid groups (broad SMARTS) is 1. The number of nitrogens with zero attached hydrogens (tertiary/aromatic N) is 1. The zero-order valence-electron chi connectivity index (χ0n) is 19.7. The van der Waals surface area contributed by atoms with Crippen molar-refractivity contribution in [2.75, 3.05) is 11.5 Å². The Balaban J connectivity index is 1.64. The molecule has 1 fully saturated rings. The molecule has 36 heavy (non-hydrogen) atoms. The van der Waals surface area contributed by atoms with Crippen LogP contribution in [0.1, 0.15) is 40.8 Å². The van der Waals surface area contributed by atoms with Crippen LogP contribution in [0, 0.1) is 0 Å². The number of ketones is 1. The number of hydrogen-bond donors (Lipinski definition) is 2. The van der Waals surface area contributed by atoms with E-state index in [1.807, 2.05) is 31.2 Å². The number of Topliss-reactive ketones (excluding diaryl/α,β-unsaturated/α-hetero) is 1. The van der Waals surface area contributed by atoms with Gasteiger partial charge in [-0.25, -0.2) is 0 Å². The molecule has 3 aromatic rings. The van der Waals surface area contributed by atoms with E-state index < -0.39 is 23.7 Å². The Hall–Kier alpha value is -4.39. The molecule has 1 amide bonds. The third-order valence-corrected chi connectivity index (χ3v) is 6.68. The third kappa shape index (κ3) is 4.13. The number of anilines is 1. The fourth-order valence-corrected chi connectivity index (χ4v) is 4.79. The molecule has 3 aromatic carbocycles. The zero-order chi connectivity index (χ0) is 25.4. The third-order valence-electron chi connectivity index (χ3n) is 6.68. The second-order valence-electron chi connectivity index (χ2n) is 8.92. The van der Waals surface area contributed by atoms with Gasteiger partial charge in [-0.05, 0) is 59.0 Å². The van der Waals surface area contributed by atoms with Gasteiger partial charge in [0.2, 0.25) is 0 Å². The van der Waals surface area contributed by atoms with Crippen molar-refractivity contribution in [2.24, 2.45) is 0 Å². The summed E-state index contributed by atoms with van der Waals surface area (Å²) in [6, 6.07) is 18.5. The van der Waals surface area contributed by atoms with Gasteiger partial charge in [-0.1, -0.05) is 43.3 Å². The van der Waals surface area contributed by atoms with Gasteiger partial charge in [0, 0.05) is 17.7 Å². The average Bonchev–Trinajstić information content (AvgIpc) is 3.46. The van der Waals surface area contributed by atoms with E-state index in [9.17, 15) is 19.5 Å². The number of benzene rings is 3. The molecule has 1 unspecified atom stereocenters. The van der Waals surface area contributed by atoms with Gasteiger partial charge in [0.05, 0.1) is 24.6 Å². The Labute approximate surface area is 208 Å². The van der Waals surface area contributed by atoms with Gasteiger partial charge in [0.1, 0.15) is 11.5 Å². The highest BCUT2D eigenvalue weighted by atomic mass is 16.5. The average molecular weight is 484 g/mol. The predicted molar refractivity (Wildman–Crippen MR) is 134 cm³/mol. The maximum absolute atomic E-state index is 13.3. The number of aliphatic hydroxyl groups excluding tert-OH is 1. The summed E-state index contributed by atoms with van der Waals surface area (Å²) in [5, 5.41) is 20.4. The van der Waals surface area contributed by atoms with Crippen LogP contribution in [0.2, 0.25) is 0 Å². The SMILES string of the molecule is CCc1ccc(C2/C(=C(/O)c3ccc4c(c3)CCO4)C(=O)C(=O)N2c2ccc(CC(=O)O)cc2)cc1. The largest absolute Gasteiger partial charge is 0.507 e. The molecular weight excluding hydrogens is 458 g/mol. The number of ether oxygens (including phenoxy) is 1. The van der Waals surface area contributed by atoms with Gasteiger partial charge in [0.15, 0.2) is 0 Å². The first-order chi connectivity index (χ1) is 17.4. The summed E-state index contributed by atoms with van der Waals surface area (Å²) in [5.74, 6) is -1.98. The lowest BCUT2D eigenvalue weighted by Crippen LogP contribution is -2.29. The summed E-state index contributed by atoms with van der Waals surface area (Å²) in [6.07, 6.45) is 1.39. The van der Waals surface area contributed by atoms with E-state index in [1.54, 1.807) is 42.5 Å². The molecule has 0 spiro atoms. The van der Waals surface area contributed by atoms with E-state index in [-0.39, 0.29) is 17.8 Å². The maximum Gasteiger partial charge on any atom is 0.307 e. The summed E-state index contributed by atoms with van der Waals surface area (Å²) in [7, 11) is 0. The van der Waals surface area contributed by atoms with Crippen molar-refractivity contribution in [1.82, 2.24) is 0 Å². The summed E-state index contributed by atoms with van der Waals surface area (Å²) in [6.45, 7) is 2.60. The fourth-order valence-electron chi connectivity index (χ4n) is 4.79. The lowest BCUT2D eigenvalue weighted by molar-refractivity contribution is -0.136. The second-order valence-corrected chi connectivity index (χ2v) is 8.92. The van der Waals surface area contributed by atoms with Crippen molar-refractivity contribution in [1.29, 1.82) is 0 Å². The van der Waals surface area contributed by atoms with Crippen LogP contribution in [0.15, 0.2) is 72.3 Å². The molecule has 1 atom stereocenters. The molecule has 2 N–H and O–H groups in total. The van der Waals surface area contributed by atoms with Crippen molar-refractivity contribution in [3.8, 4) is 5.75 Å². The number of carboxylic acids is 1. The van der Waals surface area contributed by atoms with Gasteiger partial charge < -0.3 is 14.9 Å². The fraction of sp³-hybridized carbons (Fsp3) is 0.207. The van der Waals surface area contributed by atoms with Gasteiger partial charge in [-0.15, -0.1) is 0 Å². The first-order valence-electron chi connectivity index (χ1n) is 11.8. The van der Waals surface area contributed by atoms with Crippen LogP contribution in [-0.4, -0.2) is 34.5 Å². The molecule has 0 saturated carbocycles. The number of rotatable bonds is 6. The van der Waals surface area contributed by atoms with E-state index in [4.69, 9.17) is 9.84 Å². The predicted octanol–water partition coefficient (Wildman–Crippen LogP) is 4.44. The number of hydrogen-bond acceptors (Lipinski definition) is 5. The van der Waals surface area contributed by atoms with Gasteiger partial charge in [0.25, 0.3) is 11.7 Å². The first-order valence-corrected chi connectivity index (χ1v) is 11.8. The van der Waals surface area contributed by atoms with E-state index in [0.29, 0.717) is 35.4 Å². The highest BCUT2D eigenvalue weighted by molar-refractivity contribution is 6.51. The molecule has 0 radical (unpaired) electrons. The molecule has 2 aliphatic rings. The van der Waals surface area contributed by atoms with Crippen LogP contribution in [0.4, 0.5) is 5.69 Å². The summed E-state index contributed by atoms with van der Waals surface area (Å²) >= 11 is 0. The quantitative estimate of drug-likeness (QED) is 0.305. The van der Waals surface area contributed by atoms with Crippen molar-refractivity contribution in [3.63, 3.8) is 0 Å². The Morgan fingerprint density at radius 1 is 0.972 bits per heavy atom. The van der Waals surface area contributed by atoms with Crippen LogP contribution in [-0.2, 0) is 33.6 Å². The minimum Gasteiger partial charge on any atom is -0.507 e. The number of aliphatic hydroxyl groups is 1. The number of aryl methyl sites for hydroxylation is 1. The maximum atomic E-state index is 13.3. The zero-order valence-corrected chi connectivity index (χ0v) is 19.7. The van der Waals surface area contributed by atoms with Crippen LogP contribution in [0.25, 0.3) is 5.76 Å². The minimum absolute atomic E-state index is 0.0118. The highest BCUT2D eigenvalue weighted by Crippen LogP contribution is 2.42. The van der Waals surface area contributed by atoms with Crippen molar-refractivity contribution in [3.05, 3.63) is 100 Å². The number of fused-ring (bicyclic) bond motifs is 1. The molecule has 7 heteroatoms. The van der Waals surface area contributed by atoms with E-state index >= 15 is 0 Å². The van der Waals surface area contributed by atoms with Gasteiger partial charge in [-0.2, -0.15) is 0 Å². The molecule has 0 aromatic heterocycles. The van der Waals surface area contributed by atoms with Crippen molar-refractivity contribution in [2.45, 2.75) is 32.2 Å². The van der Waals surface area contributed by atoms with Crippen LogP contribution in [0.3, 0.4) is 0 Å². The topological polar surface area (TPSA) is 104 Å². The number of carbonyl (C=O) groups is 3. The Bertz CT molecular complexity index is 1390. The van der Waals surface area contributed by atoms with Gasteiger partial charge in [-0.3, -0.25) is 19.3 Å². The molecule has 0 aliphatic carbocycles. The summed E-state index contributed by atoms with van der Waals surface area (Å²) < 4.78 is 5.55. The molecule has 0 bridgehead atoms. The van der Waals surface area contributed by atoms with Crippen LogP contribution < -0.4 is 9.64 Å². The summed E-state index contributed by atoms with van der Waals surface area (Å²) in [5.41, 5.74) is 4.21. The lowest BCUT2D eigenvalue weighted by Gasteiger charge is -2.26. The van der Waals surface area contributed by atoms with Crippen molar-refractivity contribution < 1.29 is 29.3 Å². The summed E-state index contributed by atoms with van der Waals surface area (Å²) in [4.78, 5) is 39.1. The Morgan fingerprint density at radius 3 is 2.33 bits per heavy atom. The highest BCUT2D eigenvalue weighted by Gasteiger charge is 2.47. The monoisotopic (exact) mass is 483 g/mol. The smallest absolute Gasteiger partial charge is 0.307 e. The Morgan fingerprint density at radius 2 is 1.67 bits per heavy atom. The number of carbonyl (C=O) groups excluding carboxylic acids is 2. The molecular formula is C29H25NO6. The molecule has 7 nitrogen and oxygen atoms in total. The van der Waals surface area contributed by atoms with Gasteiger partial charge >= 0.3 is 5.97 Å². The van der Waals surface area contributed by atoms with E-state index in [2.05, 4.69) is 0 Å². The van der Waals surface area contributed by atoms with Crippen LogP contribution in [0.5, 0.6) is 5.75 Å². The number of aliphatic carboxylic acids is 1. The molecule has 5 rings (SSSR count). The van der Waals surface area contributed by atoms with E-state index in [1.165, 1.54) is 4.90 Å². The number of amides is 1. The second kappa shape index (κ2) is 9.34. The molecule has 1 saturated heterocycles. The normalized spacial score (nSPS) is 18.2. The first kappa shape index (κ1) is 23.4. The van der Waals surface area contributed by atoms with E-state index in [0.717, 1.165) is 23.3 Å². The molecule has 2 aliphatic heterocycles.